The van der Waals surface area contributed by atoms with Crippen LogP contribution in [0, 0.1) is 11.3 Å². The second-order valence-corrected chi connectivity index (χ2v) is 6.75. The Bertz CT molecular complexity index is 903. The van der Waals surface area contributed by atoms with E-state index in [1.807, 2.05) is 6.07 Å². The molecule has 0 radical (unpaired) electrons. The fourth-order valence-corrected chi connectivity index (χ4v) is 3.08. The Labute approximate surface area is 144 Å². The van der Waals surface area contributed by atoms with Gasteiger partial charge in [-0.05, 0) is 49.4 Å². The van der Waals surface area contributed by atoms with Crippen molar-refractivity contribution in [3.8, 4) is 6.07 Å². The Hall–Kier alpha value is -2.56. The summed E-state index contributed by atoms with van der Waals surface area (Å²) in [6, 6.07) is 11.4. The third kappa shape index (κ3) is 4.04. The Morgan fingerprint density at radius 3 is 2.50 bits per heavy atom. The first-order chi connectivity index (χ1) is 11.4. The molecule has 0 amide bonds. The van der Waals surface area contributed by atoms with E-state index in [-0.39, 0.29) is 33.3 Å². The highest BCUT2D eigenvalue weighted by atomic mass is 35.5. The number of sulfonamides is 1. The first kappa shape index (κ1) is 17.8. The van der Waals surface area contributed by atoms with Crippen molar-refractivity contribution in [2.24, 2.45) is 0 Å². The van der Waals surface area contributed by atoms with E-state index in [9.17, 15) is 13.2 Å². The number of hydrogen-bond donors (Lipinski definition) is 1. The summed E-state index contributed by atoms with van der Waals surface area (Å²) < 4.78 is 31.9. The third-order valence-electron chi connectivity index (χ3n) is 3.01. The first-order valence-electron chi connectivity index (χ1n) is 6.87. The predicted octanol–water partition coefficient (Wildman–Crippen LogP) is 3.19. The first-order valence-corrected chi connectivity index (χ1v) is 8.73. The van der Waals surface area contributed by atoms with Gasteiger partial charge < -0.3 is 4.74 Å². The topological polar surface area (TPSA) is 96.3 Å². The SMILES string of the molecule is CCOC(=O)c1ccc(S(=O)(=O)Nc2ccc(Cl)c(C#N)c2)cc1. The van der Waals surface area contributed by atoms with Crippen LogP contribution in [0.3, 0.4) is 0 Å². The lowest BCUT2D eigenvalue weighted by Gasteiger charge is -2.09. The van der Waals surface area contributed by atoms with Crippen LogP contribution in [-0.4, -0.2) is 21.0 Å². The molecule has 1 N–H and O–H groups in total. The third-order valence-corrected chi connectivity index (χ3v) is 4.74. The number of anilines is 1. The molecular weight excluding hydrogens is 352 g/mol. The van der Waals surface area contributed by atoms with Crippen LogP contribution in [0.1, 0.15) is 22.8 Å². The summed E-state index contributed by atoms with van der Waals surface area (Å²) in [5.41, 5.74) is 0.633. The molecule has 0 saturated heterocycles. The number of carbonyl (C=O) groups is 1. The molecule has 0 aromatic heterocycles. The van der Waals surface area contributed by atoms with Gasteiger partial charge in [-0.15, -0.1) is 0 Å². The zero-order valence-corrected chi connectivity index (χ0v) is 14.2. The number of halogens is 1. The fourth-order valence-electron chi connectivity index (χ4n) is 1.87. The van der Waals surface area contributed by atoms with Crippen LogP contribution in [0.2, 0.25) is 5.02 Å². The molecule has 0 unspecified atom stereocenters. The van der Waals surface area contributed by atoms with E-state index in [1.54, 1.807) is 6.92 Å². The Kier molecular flexibility index (Phi) is 5.44. The van der Waals surface area contributed by atoms with Crippen molar-refractivity contribution in [3.63, 3.8) is 0 Å². The molecule has 0 atom stereocenters. The number of nitrogens with one attached hydrogen (secondary N) is 1. The molecule has 24 heavy (non-hydrogen) atoms. The van der Waals surface area contributed by atoms with Crippen LogP contribution < -0.4 is 4.72 Å². The number of esters is 1. The van der Waals surface area contributed by atoms with Crippen LogP contribution in [0.5, 0.6) is 0 Å². The van der Waals surface area contributed by atoms with Gasteiger partial charge in [-0.2, -0.15) is 5.26 Å². The number of carbonyl (C=O) groups excluding carboxylic acids is 1. The van der Waals surface area contributed by atoms with E-state index in [2.05, 4.69) is 4.72 Å². The number of rotatable bonds is 5. The molecule has 0 heterocycles. The molecule has 0 fully saturated rings. The van der Waals surface area contributed by atoms with Crippen molar-refractivity contribution >= 4 is 33.3 Å². The van der Waals surface area contributed by atoms with Crippen molar-refractivity contribution in [1.29, 1.82) is 5.26 Å². The van der Waals surface area contributed by atoms with Crippen LogP contribution in [-0.2, 0) is 14.8 Å². The zero-order valence-electron chi connectivity index (χ0n) is 12.6. The molecule has 0 aliphatic heterocycles. The summed E-state index contributed by atoms with van der Waals surface area (Å²) in [5, 5.41) is 9.16. The largest absolute Gasteiger partial charge is 0.462 e. The van der Waals surface area contributed by atoms with Crippen molar-refractivity contribution in [1.82, 2.24) is 0 Å². The van der Waals surface area contributed by atoms with Crippen LogP contribution in [0.15, 0.2) is 47.4 Å². The van der Waals surface area contributed by atoms with Gasteiger partial charge in [-0.3, -0.25) is 4.72 Å². The monoisotopic (exact) mass is 364 g/mol. The highest BCUT2D eigenvalue weighted by Gasteiger charge is 2.16. The lowest BCUT2D eigenvalue weighted by molar-refractivity contribution is 0.0526. The van der Waals surface area contributed by atoms with Gasteiger partial charge in [0.1, 0.15) is 6.07 Å². The van der Waals surface area contributed by atoms with E-state index in [0.717, 1.165) is 0 Å². The molecule has 0 aliphatic rings. The number of ether oxygens (including phenoxy) is 1. The molecule has 0 aliphatic carbocycles. The summed E-state index contributed by atoms with van der Waals surface area (Å²) in [6.07, 6.45) is 0. The Balaban J connectivity index is 2.25. The summed E-state index contributed by atoms with van der Waals surface area (Å²) in [7, 11) is -3.86. The van der Waals surface area contributed by atoms with Gasteiger partial charge in [0.2, 0.25) is 0 Å². The van der Waals surface area contributed by atoms with Gasteiger partial charge >= 0.3 is 5.97 Å². The normalized spacial score (nSPS) is 10.7. The van der Waals surface area contributed by atoms with Crippen LogP contribution >= 0.6 is 11.6 Å². The summed E-state index contributed by atoms with van der Waals surface area (Å²) in [4.78, 5) is 11.5. The molecule has 0 saturated carbocycles. The van der Waals surface area contributed by atoms with Gasteiger partial charge in [0, 0.05) is 0 Å². The molecule has 6 nitrogen and oxygen atoms in total. The van der Waals surface area contributed by atoms with Crippen LogP contribution in [0.4, 0.5) is 5.69 Å². The second kappa shape index (κ2) is 7.34. The number of benzene rings is 2. The minimum absolute atomic E-state index is 0.0241. The summed E-state index contributed by atoms with van der Waals surface area (Å²) in [6.45, 7) is 1.92. The number of nitriles is 1. The van der Waals surface area contributed by atoms with Crippen molar-refractivity contribution in [2.45, 2.75) is 11.8 Å². The molecule has 2 aromatic rings. The van der Waals surface area contributed by atoms with Crippen LogP contribution in [0.25, 0.3) is 0 Å². The zero-order chi connectivity index (χ0) is 17.7. The average molecular weight is 365 g/mol. The lowest BCUT2D eigenvalue weighted by atomic mass is 10.2. The molecule has 0 spiro atoms. The van der Waals surface area contributed by atoms with E-state index in [4.69, 9.17) is 21.6 Å². The van der Waals surface area contributed by atoms with E-state index in [1.165, 1.54) is 42.5 Å². The number of hydrogen-bond acceptors (Lipinski definition) is 5. The van der Waals surface area contributed by atoms with Crippen molar-refractivity contribution in [2.75, 3.05) is 11.3 Å². The maximum Gasteiger partial charge on any atom is 0.338 e. The minimum atomic E-state index is -3.86. The summed E-state index contributed by atoms with van der Waals surface area (Å²) >= 11 is 5.81. The smallest absolute Gasteiger partial charge is 0.338 e. The molecule has 2 rings (SSSR count). The maximum absolute atomic E-state index is 12.3. The Morgan fingerprint density at radius 1 is 1.25 bits per heavy atom. The highest BCUT2D eigenvalue weighted by Crippen LogP contribution is 2.22. The minimum Gasteiger partial charge on any atom is -0.462 e. The van der Waals surface area contributed by atoms with Gasteiger partial charge in [0.25, 0.3) is 10.0 Å². The van der Waals surface area contributed by atoms with Gasteiger partial charge in [0.05, 0.1) is 33.3 Å². The second-order valence-electron chi connectivity index (χ2n) is 4.66. The predicted molar refractivity (Wildman–Crippen MR) is 89.4 cm³/mol. The molecule has 8 heteroatoms. The molecule has 124 valence electrons. The Morgan fingerprint density at radius 2 is 1.92 bits per heavy atom. The van der Waals surface area contributed by atoms with E-state index in [0.29, 0.717) is 0 Å². The molecule has 0 bridgehead atoms. The molecule has 2 aromatic carbocycles. The standard InChI is InChI=1S/C16H13ClN2O4S/c1-2-23-16(20)11-3-6-14(7-4-11)24(21,22)19-13-5-8-15(17)12(9-13)10-18/h3-9,19H,2H2,1H3. The number of nitrogens with zero attached hydrogens (tertiary/aromatic N) is 1. The van der Waals surface area contributed by atoms with Crippen molar-refractivity contribution in [3.05, 3.63) is 58.6 Å². The van der Waals surface area contributed by atoms with E-state index >= 15 is 0 Å². The fraction of sp³-hybridized carbons (Fsp3) is 0.125. The molecular formula is C16H13ClN2O4S. The lowest BCUT2D eigenvalue weighted by Crippen LogP contribution is -2.13. The van der Waals surface area contributed by atoms with Gasteiger partial charge in [-0.1, -0.05) is 11.6 Å². The summed E-state index contributed by atoms with van der Waals surface area (Å²) in [5.74, 6) is -0.522. The highest BCUT2D eigenvalue weighted by molar-refractivity contribution is 7.92. The quantitative estimate of drug-likeness (QED) is 0.822. The maximum atomic E-state index is 12.3. The van der Waals surface area contributed by atoms with Crippen molar-refractivity contribution < 1.29 is 17.9 Å². The van der Waals surface area contributed by atoms with E-state index < -0.39 is 16.0 Å². The van der Waals surface area contributed by atoms with Gasteiger partial charge in [-0.25, -0.2) is 13.2 Å². The van der Waals surface area contributed by atoms with Gasteiger partial charge in [0.15, 0.2) is 0 Å². The average Bonchev–Trinajstić information content (AvgIpc) is 2.56.